The second-order valence-electron chi connectivity index (χ2n) is 7.13. The molecule has 28 heavy (non-hydrogen) atoms. The minimum absolute atomic E-state index is 0.0879. The zero-order valence-corrected chi connectivity index (χ0v) is 15.7. The van der Waals surface area contributed by atoms with Crippen molar-refractivity contribution >= 4 is 17.6 Å². The van der Waals surface area contributed by atoms with Crippen LogP contribution in [0.3, 0.4) is 0 Å². The maximum absolute atomic E-state index is 11.8. The molecule has 5 heteroatoms. The van der Waals surface area contributed by atoms with E-state index in [4.69, 9.17) is 0 Å². The molecule has 2 N–H and O–H groups in total. The van der Waals surface area contributed by atoms with E-state index in [2.05, 4.69) is 28.1 Å². The summed E-state index contributed by atoms with van der Waals surface area (Å²) in [6.07, 6.45) is 4.31. The number of benzene rings is 2. The monoisotopic (exact) mass is 374 g/mol. The van der Waals surface area contributed by atoms with E-state index >= 15 is 0 Å². The highest BCUT2D eigenvalue weighted by atomic mass is 16.4. The Morgan fingerprint density at radius 1 is 1.00 bits per heavy atom. The van der Waals surface area contributed by atoms with Gasteiger partial charge in [-0.05, 0) is 61.1 Å². The highest BCUT2D eigenvalue weighted by molar-refractivity contribution is 6.00. The van der Waals surface area contributed by atoms with Gasteiger partial charge in [0.2, 0.25) is 5.91 Å². The molecular formula is C23H22N2O3. The highest BCUT2D eigenvalue weighted by Crippen LogP contribution is 2.34. The minimum Gasteiger partial charge on any atom is -0.478 e. The molecule has 0 saturated carbocycles. The predicted octanol–water partition coefficient (Wildman–Crippen LogP) is 4.68. The number of hydrogen-bond acceptors (Lipinski definition) is 2. The summed E-state index contributed by atoms with van der Waals surface area (Å²) in [4.78, 5) is 23.2. The fraction of sp³-hybridized carbons (Fsp3) is 0.217. The lowest BCUT2D eigenvalue weighted by atomic mass is 9.98. The van der Waals surface area contributed by atoms with Crippen molar-refractivity contribution in [3.8, 4) is 16.9 Å². The fourth-order valence-corrected chi connectivity index (χ4v) is 3.96. The number of carboxylic acid groups (broad SMARTS) is 1. The molecule has 1 aliphatic rings. The zero-order chi connectivity index (χ0) is 19.7. The first-order chi connectivity index (χ1) is 13.5. The van der Waals surface area contributed by atoms with Gasteiger partial charge in [0.25, 0.3) is 0 Å². The Hall–Kier alpha value is -3.34. The van der Waals surface area contributed by atoms with Crippen LogP contribution in [0.1, 0.15) is 41.4 Å². The molecule has 0 aliphatic heterocycles. The van der Waals surface area contributed by atoms with Gasteiger partial charge in [0, 0.05) is 18.3 Å². The largest absolute Gasteiger partial charge is 0.478 e. The van der Waals surface area contributed by atoms with Crippen LogP contribution in [0.15, 0.2) is 54.6 Å². The summed E-state index contributed by atoms with van der Waals surface area (Å²) >= 11 is 0. The summed E-state index contributed by atoms with van der Waals surface area (Å²) in [5.74, 6) is -1.36. The van der Waals surface area contributed by atoms with E-state index in [1.165, 1.54) is 24.6 Å². The van der Waals surface area contributed by atoms with Crippen LogP contribution in [-0.2, 0) is 17.6 Å². The highest BCUT2D eigenvalue weighted by Gasteiger charge is 2.21. The summed E-state index contributed by atoms with van der Waals surface area (Å²) in [6, 6.07) is 17.6. The van der Waals surface area contributed by atoms with Crippen LogP contribution < -0.4 is 5.32 Å². The van der Waals surface area contributed by atoms with Gasteiger partial charge in [0.1, 0.15) is 0 Å². The molecule has 0 atom stereocenters. The molecule has 1 amide bonds. The van der Waals surface area contributed by atoms with Crippen molar-refractivity contribution in [3.63, 3.8) is 0 Å². The van der Waals surface area contributed by atoms with Gasteiger partial charge in [-0.2, -0.15) is 0 Å². The van der Waals surface area contributed by atoms with Crippen molar-refractivity contribution in [3.05, 3.63) is 71.4 Å². The van der Waals surface area contributed by atoms with Gasteiger partial charge in [-0.25, -0.2) is 4.79 Å². The van der Waals surface area contributed by atoms with Crippen molar-refractivity contribution in [2.75, 3.05) is 5.32 Å². The average Bonchev–Trinajstić information content (AvgIpc) is 3.08. The van der Waals surface area contributed by atoms with Crippen molar-refractivity contribution in [1.29, 1.82) is 0 Å². The summed E-state index contributed by atoms with van der Waals surface area (Å²) in [7, 11) is 0. The SMILES string of the molecule is CC(=O)Nc1ccc(-n2c(-c3ccccc3)cc3c2CCCC3)cc1C(=O)O. The van der Waals surface area contributed by atoms with Crippen LogP contribution in [0.2, 0.25) is 0 Å². The van der Waals surface area contributed by atoms with Crippen molar-refractivity contribution < 1.29 is 14.7 Å². The molecule has 0 fully saturated rings. The molecule has 1 heterocycles. The standard InChI is InChI=1S/C23H22N2O3/c1-15(26)24-20-12-11-18(14-19(20)23(27)28)25-21-10-6-5-9-17(21)13-22(25)16-7-3-2-4-8-16/h2-4,7-8,11-14H,5-6,9-10H2,1H3,(H,24,26)(H,27,28). The smallest absolute Gasteiger partial charge is 0.337 e. The molecule has 5 nitrogen and oxygen atoms in total. The Bertz CT molecular complexity index is 1050. The molecule has 2 aromatic carbocycles. The molecular weight excluding hydrogens is 352 g/mol. The van der Waals surface area contributed by atoms with Gasteiger partial charge in [0.05, 0.1) is 16.9 Å². The van der Waals surface area contributed by atoms with Crippen LogP contribution in [0.4, 0.5) is 5.69 Å². The van der Waals surface area contributed by atoms with Crippen molar-refractivity contribution in [2.24, 2.45) is 0 Å². The lowest BCUT2D eigenvalue weighted by Crippen LogP contribution is -2.13. The van der Waals surface area contributed by atoms with E-state index in [1.807, 2.05) is 24.3 Å². The summed E-state index contributed by atoms with van der Waals surface area (Å²) in [6.45, 7) is 1.37. The zero-order valence-electron chi connectivity index (χ0n) is 15.7. The summed E-state index contributed by atoms with van der Waals surface area (Å²) in [5.41, 5.74) is 5.93. The van der Waals surface area contributed by atoms with Gasteiger partial charge >= 0.3 is 5.97 Å². The quantitative estimate of drug-likeness (QED) is 0.696. The van der Waals surface area contributed by atoms with E-state index in [-0.39, 0.29) is 11.5 Å². The van der Waals surface area contributed by atoms with Crippen molar-refractivity contribution in [1.82, 2.24) is 4.57 Å². The van der Waals surface area contributed by atoms with Crippen LogP contribution >= 0.6 is 0 Å². The second-order valence-corrected chi connectivity index (χ2v) is 7.13. The van der Waals surface area contributed by atoms with Gasteiger partial charge in [-0.15, -0.1) is 0 Å². The van der Waals surface area contributed by atoms with Crippen LogP contribution in [0, 0.1) is 0 Å². The van der Waals surface area contributed by atoms with Crippen LogP contribution in [-0.4, -0.2) is 21.6 Å². The van der Waals surface area contributed by atoms with Gasteiger partial charge in [-0.3, -0.25) is 4.79 Å². The molecule has 0 spiro atoms. The fourth-order valence-electron chi connectivity index (χ4n) is 3.96. The Morgan fingerprint density at radius 3 is 2.46 bits per heavy atom. The van der Waals surface area contributed by atoms with E-state index in [1.54, 1.807) is 12.1 Å². The molecule has 0 unspecified atom stereocenters. The van der Waals surface area contributed by atoms with Gasteiger partial charge in [-0.1, -0.05) is 30.3 Å². The number of carboxylic acids is 1. The molecule has 0 radical (unpaired) electrons. The summed E-state index contributed by atoms with van der Waals surface area (Å²) < 4.78 is 2.17. The summed E-state index contributed by atoms with van der Waals surface area (Å²) in [5, 5.41) is 12.3. The maximum atomic E-state index is 11.8. The topological polar surface area (TPSA) is 71.3 Å². The number of anilines is 1. The molecule has 142 valence electrons. The number of hydrogen-bond donors (Lipinski definition) is 2. The van der Waals surface area contributed by atoms with E-state index in [9.17, 15) is 14.7 Å². The number of rotatable bonds is 4. The third kappa shape index (κ3) is 3.31. The normalized spacial score (nSPS) is 13.0. The van der Waals surface area contributed by atoms with E-state index < -0.39 is 5.97 Å². The number of aromatic nitrogens is 1. The van der Waals surface area contributed by atoms with Crippen LogP contribution in [0.25, 0.3) is 16.9 Å². The van der Waals surface area contributed by atoms with E-state index in [0.29, 0.717) is 5.69 Å². The lowest BCUT2D eigenvalue weighted by Gasteiger charge is -2.19. The number of fused-ring (bicyclic) bond motifs is 1. The van der Waals surface area contributed by atoms with Crippen LogP contribution in [0.5, 0.6) is 0 Å². The predicted molar refractivity (Wildman–Crippen MR) is 109 cm³/mol. The minimum atomic E-state index is -1.06. The second kappa shape index (κ2) is 7.35. The number of nitrogens with one attached hydrogen (secondary N) is 1. The number of aryl methyl sites for hydroxylation is 1. The first kappa shape index (κ1) is 18.0. The number of amides is 1. The van der Waals surface area contributed by atoms with Gasteiger partial charge in [0.15, 0.2) is 0 Å². The number of carbonyl (C=O) groups excluding carboxylic acids is 1. The number of aromatic carboxylic acids is 1. The molecule has 3 aromatic rings. The van der Waals surface area contributed by atoms with E-state index in [0.717, 1.165) is 36.2 Å². The Labute approximate surface area is 163 Å². The molecule has 1 aromatic heterocycles. The first-order valence-corrected chi connectivity index (χ1v) is 9.49. The molecule has 4 rings (SSSR count). The Morgan fingerprint density at radius 2 is 1.75 bits per heavy atom. The Balaban J connectivity index is 1.91. The third-order valence-corrected chi connectivity index (χ3v) is 5.17. The lowest BCUT2D eigenvalue weighted by molar-refractivity contribution is -0.114. The van der Waals surface area contributed by atoms with Gasteiger partial charge < -0.3 is 15.0 Å². The first-order valence-electron chi connectivity index (χ1n) is 9.49. The average molecular weight is 374 g/mol. The molecule has 0 saturated heterocycles. The maximum Gasteiger partial charge on any atom is 0.337 e. The third-order valence-electron chi connectivity index (χ3n) is 5.17. The van der Waals surface area contributed by atoms with Crippen molar-refractivity contribution in [2.45, 2.75) is 32.6 Å². The molecule has 1 aliphatic carbocycles. The number of nitrogens with zero attached hydrogens (tertiary/aromatic N) is 1. The molecule has 0 bridgehead atoms. The Kier molecular flexibility index (Phi) is 4.74. The number of carbonyl (C=O) groups is 2.